The number of nitrogens with one attached hydrogen (secondary N) is 1. The molecule has 0 aliphatic carbocycles. The van der Waals surface area contributed by atoms with Crippen LogP contribution in [0.4, 0.5) is 4.39 Å². The number of aliphatic hydroxyl groups is 1. The van der Waals surface area contributed by atoms with Gasteiger partial charge in [-0.15, -0.1) is 11.3 Å². The Bertz CT molecular complexity index is 536. The van der Waals surface area contributed by atoms with Gasteiger partial charge in [0.05, 0.1) is 6.04 Å². The fourth-order valence-electron chi connectivity index (χ4n) is 1.90. The van der Waals surface area contributed by atoms with Gasteiger partial charge in [0.25, 0.3) is 0 Å². The first kappa shape index (κ1) is 15.9. The summed E-state index contributed by atoms with van der Waals surface area (Å²) in [7, 11) is 0. The van der Waals surface area contributed by atoms with E-state index in [1.165, 1.54) is 6.07 Å². The van der Waals surface area contributed by atoms with Gasteiger partial charge in [-0.2, -0.15) is 0 Å². The summed E-state index contributed by atoms with van der Waals surface area (Å²) in [6.07, 6.45) is 1.94. The minimum absolute atomic E-state index is 0.0439. The first-order chi connectivity index (χ1) is 10.2. The molecule has 0 aliphatic heterocycles. The van der Waals surface area contributed by atoms with Gasteiger partial charge in [0.2, 0.25) is 0 Å². The summed E-state index contributed by atoms with van der Waals surface area (Å²) >= 11 is 1.58. The van der Waals surface area contributed by atoms with Gasteiger partial charge in [0, 0.05) is 18.1 Å². The second-order valence-corrected chi connectivity index (χ2v) is 5.56. The number of aromatic nitrogens is 1. The van der Waals surface area contributed by atoms with E-state index in [0.717, 1.165) is 11.4 Å². The number of hydrogen-bond acceptors (Lipinski definition) is 5. The molecule has 1 aromatic heterocycles. The van der Waals surface area contributed by atoms with Crippen LogP contribution in [0.5, 0.6) is 5.75 Å². The number of para-hydroxylation sites is 1. The molecule has 0 spiro atoms. The molecule has 0 aliphatic rings. The zero-order valence-electron chi connectivity index (χ0n) is 11.8. The standard InChI is InChI=1S/C15H19FN2O2S/c1-2-13(15-17-7-8-21-15)18-9-11(19)10-20-14-6-4-3-5-12(14)16/h3-8,11,13,18-19H,2,9-10H2,1H3. The van der Waals surface area contributed by atoms with Crippen molar-refractivity contribution in [1.29, 1.82) is 0 Å². The predicted octanol–water partition coefficient (Wildman–Crippen LogP) is 2.76. The van der Waals surface area contributed by atoms with E-state index in [9.17, 15) is 9.50 Å². The number of benzene rings is 1. The number of thiazole rings is 1. The Balaban J connectivity index is 1.77. The molecular formula is C15H19FN2O2S. The topological polar surface area (TPSA) is 54.4 Å². The van der Waals surface area contributed by atoms with E-state index in [4.69, 9.17) is 4.74 Å². The maximum atomic E-state index is 13.4. The summed E-state index contributed by atoms with van der Waals surface area (Å²) in [4.78, 5) is 4.26. The smallest absolute Gasteiger partial charge is 0.165 e. The molecule has 0 fully saturated rings. The van der Waals surface area contributed by atoms with Gasteiger partial charge in [0.1, 0.15) is 17.7 Å². The van der Waals surface area contributed by atoms with Crippen molar-refractivity contribution in [3.63, 3.8) is 0 Å². The van der Waals surface area contributed by atoms with Crippen molar-refractivity contribution in [2.75, 3.05) is 13.2 Å². The van der Waals surface area contributed by atoms with E-state index in [-0.39, 0.29) is 18.4 Å². The molecule has 114 valence electrons. The zero-order valence-corrected chi connectivity index (χ0v) is 12.6. The van der Waals surface area contributed by atoms with Crippen molar-refractivity contribution in [3.05, 3.63) is 46.7 Å². The molecule has 1 aromatic carbocycles. The summed E-state index contributed by atoms with van der Waals surface area (Å²) in [5, 5.41) is 16.1. The van der Waals surface area contributed by atoms with E-state index in [1.54, 1.807) is 35.7 Å². The van der Waals surface area contributed by atoms with Gasteiger partial charge in [-0.05, 0) is 18.6 Å². The molecule has 6 heteroatoms. The molecule has 0 amide bonds. The van der Waals surface area contributed by atoms with Crippen molar-refractivity contribution < 1.29 is 14.2 Å². The van der Waals surface area contributed by atoms with Crippen LogP contribution >= 0.6 is 11.3 Å². The Labute approximate surface area is 127 Å². The lowest BCUT2D eigenvalue weighted by Gasteiger charge is -2.18. The molecule has 2 N–H and O–H groups in total. The lowest BCUT2D eigenvalue weighted by Crippen LogP contribution is -2.33. The molecule has 0 saturated heterocycles. The highest BCUT2D eigenvalue weighted by atomic mass is 32.1. The maximum absolute atomic E-state index is 13.4. The van der Waals surface area contributed by atoms with Crippen molar-refractivity contribution in [1.82, 2.24) is 10.3 Å². The van der Waals surface area contributed by atoms with E-state index in [2.05, 4.69) is 17.2 Å². The average molecular weight is 310 g/mol. The molecule has 0 saturated carbocycles. The van der Waals surface area contributed by atoms with Crippen LogP contribution in [0.2, 0.25) is 0 Å². The maximum Gasteiger partial charge on any atom is 0.165 e. The summed E-state index contributed by atoms with van der Waals surface area (Å²) in [5.74, 6) is -0.268. The lowest BCUT2D eigenvalue weighted by atomic mass is 10.2. The van der Waals surface area contributed by atoms with Gasteiger partial charge < -0.3 is 15.2 Å². The number of nitrogens with zero attached hydrogens (tertiary/aromatic N) is 1. The zero-order chi connectivity index (χ0) is 15.1. The Morgan fingerprint density at radius 3 is 2.90 bits per heavy atom. The molecule has 0 radical (unpaired) electrons. The van der Waals surface area contributed by atoms with Crippen LogP contribution in [0.15, 0.2) is 35.8 Å². The highest BCUT2D eigenvalue weighted by Crippen LogP contribution is 2.19. The normalized spacial score (nSPS) is 13.9. The van der Waals surface area contributed by atoms with Crippen molar-refractivity contribution in [2.45, 2.75) is 25.5 Å². The van der Waals surface area contributed by atoms with Gasteiger partial charge >= 0.3 is 0 Å². The number of rotatable bonds is 8. The minimum Gasteiger partial charge on any atom is -0.488 e. The van der Waals surface area contributed by atoms with Crippen LogP contribution in [-0.2, 0) is 0 Å². The fraction of sp³-hybridized carbons (Fsp3) is 0.400. The number of hydrogen-bond donors (Lipinski definition) is 2. The highest BCUT2D eigenvalue weighted by Gasteiger charge is 2.14. The summed E-state index contributed by atoms with van der Waals surface area (Å²) in [6.45, 7) is 2.47. The average Bonchev–Trinajstić information content (AvgIpc) is 3.01. The second kappa shape index (κ2) is 8.07. The third kappa shape index (κ3) is 4.77. The van der Waals surface area contributed by atoms with Gasteiger partial charge in [-0.1, -0.05) is 19.1 Å². The van der Waals surface area contributed by atoms with Crippen molar-refractivity contribution in [2.24, 2.45) is 0 Å². The van der Waals surface area contributed by atoms with Gasteiger partial charge in [-0.25, -0.2) is 9.37 Å². The van der Waals surface area contributed by atoms with Crippen LogP contribution in [0, 0.1) is 5.82 Å². The minimum atomic E-state index is -0.710. The second-order valence-electron chi connectivity index (χ2n) is 4.63. The molecule has 2 unspecified atom stereocenters. The first-order valence-corrected chi connectivity index (χ1v) is 7.76. The number of aliphatic hydroxyl groups excluding tert-OH is 1. The monoisotopic (exact) mass is 310 g/mol. The van der Waals surface area contributed by atoms with E-state index in [0.29, 0.717) is 6.54 Å². The van der Waals surface area contributed by atoms with Crippen molar-refractivity contribution >= 4 is 11.3 Å². The van der Waals surface area contributed by atoms with E-state index in [1.807, 2.05) is 5.38 Å². The summed E-state index contributed by atoms with van der Waals surface area (Å²) < 4.78 is 18.6. The van der Waals surface area contributed by atoms with Crippen LogP contribution < -0.4 is 10.1 Å². The Hall–Kier alpha value is -1.50. The first-order valence-electron chi connectivity index (χ1n) is 6.89. The number of ether oxygens (including phenoxy) is 1. The highest BCUT2D eigenvalue weighted by molar-refractivity contribution is 7.09. The van der Waals surface area contributed by atoms with Crippen molar-refractivity contribution in [3.8, 4) is 5.75 Å². The number of halogens is 1. The molecule has 1 heterocycles. The lowest BCUT2D eigenvalue weighted by molar-refractivity contribution is 0.101. The summed E-state index contributed by atoms with van der Waals surface area (Å²) in [5.41, 5.74) is 0. The molecular weight excluding hydrogens is 291 g/mol. The summed E-state index contributed by atoms with van der Waals surface area (Å²) in [6, 6.07) is 6.28. The predicted molar refractivity (Wildman–Crippen MR) is 81.1 cm³/mol. The third-order valence-electron chi connectivity index (χ3n) is 3.03. The largest absolute Gasteiger partial charge is 0.488 e. The Morgan fingerprint density at radius 2 is 2.24 bits per heavy atom. The van der Waals surface area contributed by atoms with E-state index < -0.39 is 11.9 Å². The van der Waals surface area contributed by atoms with Gasteiger partial charge in [-0.3, -0.25) is 0 Å². The molecule has 0 bridgehead atoms. The van der Waals surface area contributed by atoms with Crippen LogP contribution in [0.1, 0.15) is 24.4 Å². The molecule has 21 heavy (non-hydrogen) atoms. The Morgan fingerprint density at radius 1 is 1.43 bits per heavy atom. The van der Waals surface area contributed by atoms with Crippen LogP contribution in [-0.4, -0.2) is 29.3 Å². The van der Waals surface area contributed by atoms with Crippen LogP contribution in [0.25, 0.3) is 0 Å². The van der Waals surface area contributed by atoms with Gasteiger partial charge in [0.15, 0.2) is 11.6 Å². The molecule has 2 atom stereocenters. The third-order valence-corrected chi connectivity index (χ3v) is 3.91. The Kier molecular flexibility index (Phi) is 6.10. The fourth-order valence-corrected chi connectivity index (χ4v) is 2.69. The molecule has 4 nitrogen and oxygen atoms in total. The van der Waals surface area contributed by atoms with Crippen LogP contribution in [0.3, 0.4) is 0 Å². The quantitative estimate of drug-likeness (QED) is 0.787. The SMILES string of the molecule is CCC(NCC(O)COc1ccccc1F)c1nccs1. The molecule has 2 aromatic rings. The molecule has 2 rings (SSSR count). The van der Waals surface area contributed by atoms with E-state index >= 15 is 0 Å².